The smallest absolute Gasteiger partial charge is 0.270 e. The van der Waals surface area contributed by atoms with Crippen molar-refractivity contribution in [2.75, 3.05) is 29.5 Å². The molecule has 1 atom stereocenters. The Labute approximate surface area is 136 Å². The summed E-state index contributed by atoms with van der Waals surface area (Å²) in [5, 5.41) is 2.78. The molecule has 23 heavy (non-hydrogen) atoms. The predicted molar refractivity (Wildman–Crippen MR) is 87.4 cm³/mol. The normalized spacial score (nSPS) is 23.7. The van der Waals surface area contributed by atoms with Crippen molar-refractivity contribution in [3.8, 4) is 0 Å². The lowest BCUT2D eigenvalue weighted by Gasteiger charge is -2.27. The maximum absolute atomic E-state index is 12.4. The second-order valence-corrected chi connectivity index (χ2v) is 8.54. The fourth-order valence-electron chi connectivity index (χ4n) is 3.07. The van der Waals surface area contributed by atoms with Gasteiger partial charge < -0.3 is 10.2 Å². The van der Waals surface area contributed by atoms with Crippen LogP contribution < -0.4 is 10.2 Å². The van der Waals surface area contributed by atoms with E-state index in [1.54, 1.807) is 6.07 Å². The molecule has 126 valence electrons. The minimum absolute atomic E-state index is 0.0157. The summed E-state index contributed by atoms with van der Waals surface area (Å²) in [6, 6.07) is 1.33. The molecule has 1 unspecified atom stereocenters. The van der Waals surface area contributed by atoms with Crippen LogP contribution in [0.3, 0.4) is 0 Å². The van der Waals surface area contributed by atoms with Crippen molar-refractivity contribution in [3.63, 3.8) is 0 Å². The van der Waals surface area contributed by atoms with Crippen molar-refractivity contribution in [3.05, 3.63) is 17.5 Å². The van der Waals surface area contributed by atoms with Crippen molar-refractivity contribution in [1.29, 1.82) is 0 Å². The van der Waals surface area contributed by atoms with E-state index in [1.807, 2.05) is 6.92 Å². The molecule has 2 fully saturated rings. The molecule has 3 rings (SSSR count). The number of rotatable bonds is 3. The molecule has 2 aliphatic heterocycles. The standard InChI is InChI=1S/C15H22N4O3S/c1-11-9-13(14(20)17-12-5-8-23(21,22)10-12)18-15(16-11)19-6-3-2-4-7-19/h9,12H,2-8,10H2,1H3,(H,17,20). The highest BCUT2D eigenvalue weighted by atomic mass is 32.2. The Bertz CT molecular complexity index is 699. The third-order valence-corrected chi connectivity index (χ3v) is 6.05. The SMILES string of the molecule is Cc1cc(C(=O)NC2CCS(=O)(=O)C2)nc(N2CCCCC2)n1. The molecule has 1 aromatic rings. The zero-order valence-corrected chi connectivity index (χ0v) is 14.1. The summed E-state index contributed by atoms with van der Waals surface area (Å²) in [7, 11) is -3.01. The van der Waals surface area contributed by atoms with Crippen LogP contribution in [0.5, 0.6) is 0 Å². The summed E-state index contributed by atoms with van der Waals surface area (Å²) in [6.07, 6.45) is 3.90. The number of carbonyl (C=O) groups excluding carboxylic acids is 1. The van der Waals surface area contributed by atoms with Gasteiger partial charge in [0.05, 0.1) is 11.5 Å². The van der Waals surface area contributed by atoms with Gasteiger partial charge in [-0.05, 0) is 38.7 Å². The molecule has 3 heterocycles. The van der Waals surface area contributed by atoms with E-state index in [0.717, 1.165) is 31.6 Å². The number of carbonyl (C=O) groups is 1. The first kappa shape index (κ1) is 16.2. The van der Waals surface area contributed by atoms with Crippen LogP contribution in [-0.4, -0.2) is 54.9 Å². The van der Waals surface area contributed by atoms with E-state index >= 15 is 0 Å². The third-order valence-electron chi connectivity index (χ3n) is 4.28. The second kappa shape index (κ2) is 6.43. The van der Waals surface area contributed by atoms with Gasteiger partial charge in [-0.25, -0.2) is 18.4 Å². The molecule has 0 radical (unpaired) electrons. The Morgan fingerprint density at radius 1 is 1.26 bits per heavy atom. The molecule has 2 saturated heterocycles. The Morgan fingerprint density at radius 2 is 2.00 bits per heavy atom. The van der Waals surface area contributed by atoms with Gasteiger partial charge in [-0.2, -0.15) is 0 Å². The van der Waals surface area contributed by atoms with E-state index in [9.17, 15) is 13.2 Å². The molecule has 1 aromatic heterocycles. The fraction of sp³-hybridized carbons (Fsp3) is 0.667. The van der Waals surface area contributed by atoms with Crippen LogP contribution in [0, 0.1) is 6.92 Å². The number of hydrogen-bond acceptors (Lipinski definition) is 6. The number of amides is 1. The van der Waals surface area contributed by atoms with Crippen LogP contribution >= 0.6 is 0 Å². The summed E-state index contributed by atoms with van der Waals surface area (Å²) < 4.78 is 23.0. The summed E-state index contributed by atoms with van der Waals surface area (Å²) >= 11 is 0. The highest BCUT2D eigenvalue weighted by Crippen LogP contribution is 2.17. The number of sulfone groups is 1. The summed E-state index contributed by atoms with van der Waals surface area (Å²) in [5.74, 6) is 0.423. The van der Waals surface area contributed by atoms with E-state index < -0.39 is 9.84 Å². The molecule has 0 saturated carbocycles. The van der Waals surface area contributed by atoms with Crippen molar-refractivity contribution in [2.45, 2.75) is 38.6 Å². The van der Waals surface area contributed by atoms with Gasteiger partial charge >= 0.3 is 0 Å². The molecule has 0 bridgehead atoms. The first-order valence-corrected chi connectivity index (χ1v) is 9.87. The molecule has 1 amide bonds. The minimum Gasteiger partial charge on any atom is -0.347 e. The molecule has 0 spiro atoms. The Kier molecular flexibility index (Phi) is 4.52. The van der Waals surface area contributed by atoms with Crippen molar-refractivity contribution in [1.82, 2.24) is 15.3 Å². The van der Waals surface area contributed by atoms with Crippen LogP contribution in [0.1, 0.15) is 41.9 Å². The summed E-state index contributed by atoms with van der Waals surface area (Å²) in [4.78, 5) is 23.3. The number of aromatic nitrogens is 2. The monoisotopic (exact) mass is 338 g/mol. The van der Waals surface area contributed by atoms with Crippen LogP contribution in [0.4, 0.5) is 5.95 Å². The molecule has 1 N–H and O–H groups in total. The molecule has 0 aliphatic carbocycles. The highest BCUT2D eigenvalue weighted by molar-refractivity contribution is 7.91. The number of hydrogen-bond donors (Lipinski definition) is 1. The molecule has 8 heteroatoms. The first-order chi connectivity index (χ1) is 10.9. The van der Waals surface area contributed by atoms with Crippen molar-refractivity contribution in [2.24, 2.45) is 0 Å². The van der Waals surface area contributed by atoms with Crippen LogP contribution in [0.15, 0.2) is 6.07 Å². The molecule has 0 aromatic carbocycles. The lowest BCUT2D eigenvalue weighted by molar-refractivity contribution is 0.0936. The lowest BCUT2D eigenvalue weighted by Crippen LogP contribution is -2.37. The van der Waals surface area contributed by atoms with Gasteiger partial charge in [0.15, 0.2) is 9.84 Å². The van der Waals surface area contributed by atoms with Crippen LogP contribution in [0.25, 0.3) is 0 Å². The van der Waals surface area contributed by atoms with E-state index in [2.05, 4.69) is 20.2 Å². The first-order valence-electron chi connectivity index (χ1n) is 8.05. The second-order valence-electron chi connectivity index (χ2n) is 6.32. The number of nitrogens with zero attached hydrogens (tertiary/aromatic N) is 3. The van der Waals surface area contributed by atoms with E-state index in [0.29, 0.717) is 18.1 Å². The Hall–Kier alpha value is -1.70. The average molecular weight is 338 g/mol. The molecule has 7 nitrogen and oxygen atoms in total. The Balaban J connectivity index is 1.74. The number of nitrogens with one attached hydrogen (secondary N) is 1. The average Bonchev–Trinajstić information content (AvgIpc) is 2.86. The lowest BCUT2D eigenvalue weighted by atomic mass is 10.1. The molecule has 2 aliphatic rings. The zero-order valence-electron chi connectivity index (χ0n) is 13.3. The van der Waals surface area contributed by atoms with Gasteiger partial charge in [-0.1, -0.05) is 0 Å². The fourth-order valence-corrected chi connectivity index (χ4v) is 4.75. The zero-order chi connectivity index (χ0) is 16.4. The van der Waals surface area contributed by atoms with Gasteiger partial charge in [0, 0.05) is 24.8 Å². The maximum Gasteiger partial charge on any atom is 0.270 e. The van der Waals surface area contributed by atoms with Crippen LogP contribution in [-0.2, 0) is 9.84 Å². The highest BCUT2D eigenvalue weighted by Gasteiger charge is 2.29. The molecular weight excluding hydrogens is 316 g/mol. The largest absolute Gasteiger partial charge is 0.347 e. The van der Waals surface area contributed by atoms with Gasteiger partial charge in [0.25, 0.3) is 5.91 Å². The summed E-state index contributed by atoms with van der Waals surface area (Å²) in [6.45, 7) is 3.66. The maximum atomic E-state index is 12.4. The van der Waals surface area contributed by atoms with E-state index in [-0.39, 0.29) is 23.5 Å². The quantitative estimate of drug-likeness (QED) is 0.872. The van der Waals surface area contributed by atoms with Gasteiger partial charge in [-0.3, -0.25) is 4.79 Å². The van der Waals surface area contributed by atoms with Gasteiger partial charge in [-0.15, -0.1) is 0 Å². The minimum atomic E-state index is -3.01. The predicted octanol–water partition coefficient (Wildman–Crippen LogP) is 0.692. The number of piperidine rings is 1. The van der Waals surface area contributed by atoms with Crippen molar-refractivity contribution >= 4 is 21.7 Å². The Morgan fingerprint density at radius 3 is 2.65 bits per heavy atom. The van der Waals surface area contributed by atoms with Crippen molar-refractivity contribution < 1.29 is 13.2 Å². The van der Waals surface area contributed by atoms with Gasteiger partial charge in [0.2, 0.25) is 5.95 Å². The summed E-state index contributed by atoms with van der Waals surface area (Å²) in [5.41, 5.74) is 1.05. The van der Waals surface area contributed by atoms with Crippen LogP contribution in [0.2, 0.25) is 0 Å². The molecular formula is C15H22N4O3S. The topological polar surface area (TPSA) is 92.3 Å². The third kappa shape index (κ3) is 3.99. The number of anilines is 1. The van der Waals surface area contributed by atoms with Gasteiger partial charge in [0.1, 0.15) is 5.69 Å². The number of aryl methyl sites for hydroxylation is 1. The van der Waals surface area contributed by atoms with E-state index in [4.69, 9.17) is 0 Å². The van der Waals surface area contributed by atoms with E-state index in [1.165, 1.54) is 6.42 Å².